The number of benzene rings is 2. The van der Waals surface area contributed by atoms with Crippen molar-refractivity contribution in [1.82, 2.24) is 10.2 Å². The fourth-order valence-corrected chi connectivity index (χ4v) is 3.73. The largest absolute Gasteiger partial charge is 0.496 e. The summed E-state index contributed by atoms with van der Waals surface area (Å²) in [6.07, 6.45) is 4.16. The Morgan fingerprint density at radius 3 is 2.71 bits per heavy atom. The molecule has 1 atom stereocenters. The van der Waals surface area contributed by atoms with Gasteiger partial charge in [-0.25, -0.2) is 0 Å². The quantitative estimate of drug-likeness (QED) is 0.745. The number of carbonyl (C=O) groups excluding carboxylic acids is 1. The van der Waals surface area contributed by atoms with E-state index in [0.717, 1.165) is 48.6 Å². The van der Waals surface area contributed by atoms with Crippen molar-refractivity contribution in [3.63, 3.8) is 0 Å². The van der Waals surface area contributed by atoms with Crippen molar-refractivity contribution >= 4 is 11.9 Å². The Morgan fingerprint density at radius 1 is 1.18 bits per heavy atom. The topological polar surface area (TPSA) is 41.6 Å². The van der Waals surface area contributed by atoms with Gasteiger partial charge in [-0.1, -0.05) is 42.5 Å². The molecule has 3 rings (SSSR count). The van der Waals surface area contributed by atoms with Gasteiger partial charge in [0, 0.05) is 38.6 Å². The van der Waals surface area contributed by atoms with E-state index in [2.05, 4.69) is 41.4 Å². The van der Waals surface area contributed by atoms with E-state index in [0.29, 0.717) is 6.42 Å². The van der Waals surface area contributed by atoms with Gasteiger partial charge in [0.2, 0.25) is 0 Å². The Balaban J connectivity index is 1.55. The summed E-state index contributed by atoms with van der Waals surface area (Å²) in [5.41, 5.74) is 4.64. The summed E-state index contributed by atoms with van der Waals surface area (Å²) < 4.78 is 5.36. The highest BCUT2D eigenvalue weighted by Crippen LogP contribution is 2.24. The molecule has 1 heterocycles. The molecule has 0 bridgehead atoms. The lowest BCUT2D eigenvalue weighted by Gasteiger charge is -2.33. The molecule has 148 valence electrons. The highest BCUT2D eigenvalue weighted by molar-refractivity contribution is 5.94. The Morgan fingerprint density at radius 2 is 1.96 bits per heavy atom. The predicted octanol–water partition coefficient (Wildman–Crippen LogP) is 3.76. The van der Waals surface area contributed by atoms with Crippen molar-refractivity contribution in [3.05, 3.63) is 70.8 Å². The van der Waals surface area contributed by atoms with Gasteiger partial charge in [-0.2, -0.15) is 0 Å². The van der Waals surface area contributed by atoms with E-state index < -0.39 is 0 Å². The second kappa shape index (κ2) is 9.67. The van der Waals surface area contributed by atoms with E-state index in [9.17, 15) is 4.79 Å². The van der Waals surface area contributed by atoms with Gasteiger partial charge in [0.1, 0.15) is 5.75 Å². The molecule has 0 aromatic heterocycles. The minimum atomic E-state index is 0.159. The minimum Gasteiger partial charge on any atom is -0.496 e. The van der Waals surface area contributed by atoms with Gasteiger partial charge >= 0.3 is 0 Å². The number of methoxy groups -OCH3 is 1. The van der Waals surface area contributed by atoms with Crippen molar-refractivity contribution in [2.75, 3.05) is 26.7 Å². The fraction of sp³-hybridized carbons (Fsp3) is 0.375. The third-order valence-corrected chi connectivity index (χ3v) is 5.48. The summed E-state index contributed by atoms with van der Waals surface area (Å²) in [5, 5.41) is 3.49. The average Bonchev–Trinajstić information content (AvgIpc) is 2.70. The van der Waals surface area contributed by atoms with E-state index in [1.54, 1.807) is 13.2 Å². The lowest BCUT2D eigenvalue weighted by atomic mass is 10.0. The van der Waals surface area contributed by atoms with Gasteiger partial charge in [0.25, 0.3) is 0 Å². The highest BCUT2D eigenvalue weighted by atomic mass is 16.5. The van der Waals surface area contributed by atoms with Crippen LogP contribution in [0.1, 0.15) is 28.7 Å². The lowest BCUT2D eigenvalue weighted by Crippen LogP contribution is -2.50. The van der Waals surface area contributed by atoms with E-state index in [-0.39, 0.29) is 11.8 Å². The summed E-state index contributed by atoms with van der Waals surface area (Å²) in [7, 11) is 1.68. The summed E-state index contributed by atoms with van der Waals surface area (Å²) >= 11 is 0. The zero-order valence-electron chi connectivity index (χ0n) is 17.1. The molecule has 0 spiro atoms. The van der Waals surface area contributed by atoms with Crippen LogP contribution in [0.3, 0.4) is 0 Å². The first-order valence-corrected chi connectivity index (χ1v) is 9.91. The number of piperazine rings is 1. The van der Waals surface area contributed by atoms with Crippen LogP contribution in [0.15, 0.2) is 48.5 Å². The first kappa shape index (κ1) is 20.3. The van der Waals surface area contributed by atoms with E-state index >= 15 is 0 Å². The van der Waals surface area contributed by atoms with E-state index in [1.165, 1.54) is 5.56 Å². The van der Waals surface area contributed by atoms with E-state index in [1.807, 2.05) is 31.2 Å². The van der Waals surface area contributed by atoms with Crippen LogP contribution in [0.25, 0.3) is 6.08 Å². The van der Waals surface area contributed by atoms with Crippen LogP contribution in [-0.4, -0.2) is 43.5 Å². The maximum Gasteiger partial charge on any atom is 0.157 e. The van der Waals surface area contributed by atoms with Crippen molar-refractivity contribution in [3.8, 4) is 5.75 Å². The molecule has 4 nitrogen and oxygen atoms in total. The summed E-state index contributed by atoms with van der Waals surface area (Å²) in [6.45, 7) is 7.88. The van der Waals surface area contributed by atoms with Gasteiger partial charge in [0.15, 0.2) is 5.78 Å². The van der Waals surface area contributed by atoms with Gasteiger partial charge in [-0.3, -0.25) is 9.69 Å². The number of nitrogens with one attached hydrogen (secondary N) is 1. The maximum absolute atomic E-state index is 12.5. The third kappa shape index (κ3) is 5.31. The zero-order valence-corrected chi connectivity index (χ0v) is 17.1. The van der Waals surface area contributed by atoms with Gasteiger partial charge < -0.3 is 10.1 Å². The zero-order chi connectivity index (χ0) is 19.9. The second-order valence-electron chi connectivity index (χ2n) is 7.48. The molecule has 0 radical (unpaired) electrons. The molecular formula is C24H30N2O2. The smallest absolute Gasteiger partial charge is 0.157 e. The van der Waals surface area contributed by atoms with Crippen molar-refractivity contribution in [1.29, 1.82) is 0 Å². The van der Waals surface area contributed by atoms with Crippen molar-refractivity contribution in [2.24, 2.45) is 0 Å². The Labute approximate surface area is 168 Å². The first-order chi connectivity index (χ1) is 13.6. The van der Waals surface area contributed by atoms with Crippen LogP contribution in [-0.2, 0) is 11.3 Å². The molecule has 4 heteroatoms. The molecule has 0 saturated carbocycles. The Bertz CT molecular complexity index is 830. The van der Waals surface area contributed by atoms with E-state index in [4.69, 9.17) is 4.74 Å². The fourth-order valence-electron chi connectivity index (χ4n) is 3.73. The van der Waals surface area contributed by atoms with Crippen LogP contribution in [0.5, 0.6) is 5.75 Å². The molecule has 1 aliphatic rings. The molecule has 0 unspecified atom stereocenters. The molecule has 0 amide bonds. The van der Waals surface area contributed by atoms with Crippen molar-refractivity contribution in [2.45, 2.75) is 32.9 Å². The number of nitrogens with zero attached hydrogens (tertiary/aromatic N) is 1. The molecule has 1 N–H and O–H groups in total. The standard InChI is InChI=1S/C24H30N2O2/c1-18-19(2)24(28-3)12-10-21(18)9-11-23(27)15-22-17-26(14-13-25-22)16-20-7-5-4-6-8-20/h4-12,22,25H,13-17H2,1-3H3/b11-9+/t22-/m0/s1. The Hall–Kier alpha value is -2.43. The van der Waals surface area contributed by atoms with Crippen LogP contribution in [0, 0.1) is 13.8 Å². The van der Waals surface area contributed by atoms with Crippen LogP contribution >= 0.6 is 0 Å². The number of rotatable bonds is 7. The normalized spacial score (nSPS) is 17.8. The number of hydrogen-bond acceptors (Lipinski definition) is 4. The predicted molar refractivity (Wildman–Crippen MR) is 115 cm³/mol. The van der Waals surface area contributed by atoms with Crippen LogP contribution < -0.4 is 10.1 Å². The molecule has 1 saturated heterocycles. The number of hydrogen-bond donors (Lipinski definition) is 1. The maximum atomic E-state index is 12.5. The number of carbonyl (C=O) groups is 1. The summed E-state index contributed by atoms with van der Waals surface area (Å²) in [4.78, 5) is 14.9. The number of allylic oxidation sites excluding steroid dienone is 1. The first-order valence-electron chi connectivity index (χ1n) is 9.91. The minimum absolute atomic E-state index is 0.159. The molecule has 2 aromatic rings. The SMILES string of the molecule is COc1ccc(/C=C/C(=O)C[C@H]2CN(Cc3ccccc3)CCN2)c(C)c1C. The molecular weight excluding hydrogens is 348 g/mol. The second-order valence-corrected chi connectivity index (χ2v) is 7.48. The summed E-state index contributed by atoms with van der Waals surface area (Å²) in [5.74, 6) is 1.04. The van der Waals surface area contributed by atoms with Crippen molar-refractivity contribution < 1.29 is 9.53 Å². The lowest BCUT2D eigenvalue weighted by molar-refractivity contribution is -0.115. The highest BCUT2D eigenvalue weighted by Gasteiger charge is 2.21. The van der Waals surface area contributed by atoms with Crippen LogP contribution in [0.2, 0.25) is 0 Å². The van der Waals surface area contributed by atoms with Gasteiger partial charge in [-0.05, 0) is 48.2 Å². The average molecular weight is 379 g/mol. The molecule has 28 heavy (non-hydrogen) atoms. The molecule has 1 fully saturated rings. The molecule has 0 aliphatic carbocycles. The molecule has 2 aromatic carbocycles. The monoisotopic (exact) mass is 378 g/mol. The third-order valence-electron chi connectivity index (χ3n) is 5.48. The summed E-state index contributed by atoms with van der Waals surface area (Å²) in [6, 6.07) is 14.7. The van der Waals surface area contributed by atoms with Gasteiger partial charge in [-0.15, -0.1) is 0 Å². The van der Waals surface area contributed by atoms with Gasteiger partial charge in [0.05, 0.1) is 7.11 Å². The molecule has 1 aliphatic heterocycles. The number of ether oxygens (including phenoxy) is 1. The number of ketones is 1. The van der Waals surface area contributed by atoms with Crippen LogP contribution in [0.4, 0.5) is 0 Å². The Kier molecular flexibility index (Phi) is 7.01.